The van der Waals surface area contributed by atoms with Gasteiger partial charge >= 0.3 is 0 Å². The Kier molecular flexibility index (Phi) is 4.71. The maximum atomic E-state index is 11.5. The second kappa shape index (κ2) is 4.92. The van der Waals surface area contributed by atoms with Crippen molar-refractivity contribution in [1.29, 1.82) is 0 Å². The van der Waals surface area contributed by atoms with Crippen LogP contribution in [0.4, 0.5) is 0 Å². The molecule has 0 radical (unpaired) electrons. The van der Waals surface area contributed by atoms with Gasteiger partial charge in [0.25, 0.3) is 14.3 Å². The largest absolute Gasteiger partial charge is 0.519 e. The van der Waals surface area contributed by atoms with Gasteiger partial charge < -0.3 is 9.22 Å². The first-order valence-corrected chi connectivity index (χ1v) is 8.18. The number of carbonyl (C=O) groups excluding carboxylic acids is 2. The van der Waals surface area contributed by atoms with E-state index in [1.807, 2.05) is 13.1 Å². The van der Waals surface area contributed by atoms with E-state index in [0.29, 0.717) is 0 Å². The van der Waals surface area contributed by atoms with Gasteiger partial charge in [-0.3, -0.25) is 4.79 Å². The fourth-order valence-corrected chi connectivity index (χ4v) is 1.74. The summed E-state index contributed by atoms with van der Waals surface area (Å²) in [5.74, 6) is -0.209. The maximum Gasteiger partial charge on any atom is 0.292 e. The molecule has 15 heavy (non-hydrogen) atoms. The van der Waals surface area contributed by atoms with Crippen molar-refractivity contribution in [3.63, 3.8) is 0 Å². The molecule has 3 nitrogen and oxygen atoms in total. The Hall–Kier alpha value is -0.643. The van der Waals surface area contributed by atoms with E-state index in [2.05, 4.69) is 20.8 Å². The summed E-state index contributed by atoms with van der Waals surface area (Å²) in [6.45, 7) is 11.8. The molecule has 0 aliphatic rings. The lowest BCUT2D eigenvalue weighted by molar-refractivity contribution is -0.137. The first kappa shape index (κ1) is 14.4. The highest BCUT2D eigenvalue weighted by molar-refractivity contribution is 6.75. The summed E-state index contributed by atoms with van der Waals surface area (Å²) in [7, 11) is -2.00. The van der Waals surface area contributed by atoms with Gasteiger partial charge in [-0.15, -0.1) is 0 Å². The summed E-state index contributed by atoms with van der Waals surface area (Å²) in [6, 6.07) is 0. The molecule has 0 fully saturated rings. The molecule has 0 aromatic rings. The second-order valence-electron chi connectivity index (χ2n) is 5.44. The minimum atomic E-state index is -2.00. The summed E-state index contributed by atoms with van der Waals surface area (Å²) in [5.41, 5.74) is 0. The van der Waals surface area contributed by atoms with E-state index < -0.39 is 8.32 Å². The van der Waals surface area contributed by atoms with Crippen LogP contribution in [0, 0.1) is 0 Å². The highest BCUT2D eigenvalue weighted by Gasteiger charge is 2.40. The van der Waals surface area contributed by atoms with Crippen molar-refractivity contribution in [2.75, 3.05) is 0 Å². The molecule has 0 aliphatic heterocycles. The molecule has 0 spiro atoms. The van der Waals surface area contributed by atoms with Crippen molar-refractivity contribution in [1.82, 2.24) is 0 Å². The molecule has 0 rings (SSSR count). The first-order chi connectivity index (χ1) is 6.56. The quantitative estimate of drug-likeness (QED) is 0.697. The van der Waals surface area contributed by atoms with Gasteiger partial charge in [-0.2, -0.15) is 0 Å². The van der Waals surface area contributed by atoms with Crippen LogP contribution in [0.3, 0.4) is 0 Å². The third kappa shape index (κ3) is 5.11. The van der Waals surface area contributed by atoms with E-state index in [4.69, 9.17) is 4.43 Å². The van der Waals surface area contributed by atoms with E-state index in [1.54, 1.807) is 0 Å². The smallest absolute Gasteiger partial charge is 0.292 e. The van der Waals surface area contributed by atoms with Gasteiger partial charge in [0, 0.05) is 6.42 Å². The lowest BCUT2D eigenvalue weighted by Crippen LogP contribution is -2.42. The Morgan fingerprint density at radius 3 is 1.93 bits per heavy atom. The molecule has 88 valence electrons. The Morgan fingerprint density at radius 2 is 1.60 bits per heavy atom. The Labute approximate surface area is 93.3 Å². The van der Waals surface area contributed by atoms with Crippen LogP contribution in [-0.4, -0.2) is 20.1 Å². The van der Waals surface area contributed by atoms with Crippen molar-refractivity contribution < 1.29 is 14.0 Å². The highest BCUT2D eigenvalue weighted by Crippen LogP contribution is 2.36. The summed E-state index contributed by atoms with van der Waals surface area (Å²) >= 11 is 0. The van der Waals surface area contributed by atoms with Crippen LogP contribution in [0.2, 0.25) is 18.1 Å². The molecule has 0 unspecified atom stereocenters. The Bertz CT molecular complexity index is 251. The molecule has 0 aromatic heterocycles. The van der Waals surface area contributed by atoms with Gasteiger partial charge in [0.15, 0.2) is 0 Å². The molecule has 0 amide bonds. The first-order valence-electron chi connectivity index (χ1n) is 5.27. The van der Waals surface area contributed by atoms with Gasteiger partial charge in [0.05, 0.1) is 6.42 Å². The van der Waals surface area contributed by atoms with Crippen LogP contribution >= 0.6 is 0 Å². The molecule has 0 bridgehead atoms. The monoisotopic (exact) mass is 230 g/mol. The predicted octanol–water partition coefficient (Wildman–Crippen LogP) is 2.90. The maximum absolute atomic E-state index is 11.5. The van der Waals surface area contributed by atoms with Crippen LogP contribution in [-0.2, 0) is 14.0 Å². The number of carbonyl (C=O) groups is 2. The third-order valence-corrected chi connectivity index (χ3v) is 7.21. The van der Waals surface area contributed by atoms with Crippen molar-refractivity contribution in [3.05, 3.63) is 0 Å². The molecular weight excluding hydrogens is 208 g/mol. The zero-order chi connectivity index (χ0) is 12.3. The number of hydrogen-bond acceptors (Lipinski definition) is 3. The topological polar surface area (TPSA) is 43.4 Å². The Morgan fingerprint density at radius 1 is 1.13 bits per heavy atom. The molecule has 0 heterocycles. The minimum Gasteiger partial charge on any atom is -0.519 e. The summed E-state index contributed by atoms with van der Waals surface area (Å²) < 4.78 is 5.50. The Balaban J connectivity index is 4.23. The SMILES string of the molecule is CC(=O)CCC(=O)O[Si](C)(C)C(C)(C)C. The molecule has 0 atom stereocenters. The van der Waals surface area contributed by atoms with Crippen LogP contribution in [0.15, 0.2) is 0 Å². The molecule has 0 aromatic carbocycles. The van der Waals surface area contributed by atoms with Gasteiger partial charge in [0.1, 0.15) is 5.78 Å². The van der Waals surface area contributed by atoms with Gasteiger partial charge in [0.2, 0.25) is 0 Å². The van der Waals surface area contributed by atoms with Crippen molar-refractivity contribution in [2.45, 2.75) is 58.7 Å². The second-order valence-corrected chi connectivity index (χ2v) is 10.2. The summed E-state index contributed by atoms with van der Waals surface area (Å²) in [6.07, 6.45) is 0.495. The summed E-state index contributed by atoms with van der Waals surface area (Å²) in [5, 5.41) is 0.0267. The molecule has 0 N–H and O–H groups in total. The van der Waals surface area contributed by atoms with E-state index in [9.17, 15) is 9.59 Å². The van der Waals surface area contributed by atoms with E-state index >= 15 is 0 Å². The number of hydrogen-bond donors (Lipinski definition) is 0. The average Bonchev–Trinajstić information content (AvgIpc) is 1.97. The van der Waals surface area contributed by atoms with Crippen LogP contribution in [0.25, 0.3) is 0 Å². The fraction of sp³-hybridized carbons (Fsp3) is 0.818. The molecule has 0 aliphatic carbocycles. The molecule has 0 saturated carbocycles. The third-order valence-electron chi connectivity index (χ3n) is 2.86. The minimum absolute atomic E-state index is 0.0267. The number of Topliss-reactive ketones (excluding diaryl/α,β-unsaturated/α-hetero) is 1. The number of rotatable bonds is 4. The van der Waals surface area contributed by atoms with Crippen molar-refractivity contribution >= 4 is 20.1 Å². The fourth-order valence-electron chi connectivity index (χ4n) is 0.767. The highest BCUT2D eigenvalue weighted by atomic mass is 28.4. The van der Waals surface area contributed by atoms with Crippen molar-refractivity contribution in [3.8, 4) is 0 Å². The van der Waals surface area contributed by atoms with Gasteiger partial charge in [-0.05, 0) is 25.1 Å². The van der Waals surface area contributed by atoms with E-state index in [0.717, 1.165) is 0 Å². The van der Waals surface area contributed by atoms with Crippen LogP contribution in [0.1, 0.15) is 40.5 Å². The molecule has 4 heteroatoms. The van der Waals surface area contributed by atoms with Crippen LogP contribution < -0.4 is 0 Å². The standard InChI is InChI=1S/C11H22O3Si/c1-9(12)7-8-10(13)14-15(5,6)11(2,3)4/h7-8H2,1-6H3. The zero-order valence-electron chi connectivity index (χ0n) is 10.6. The normalized spacial score (nSPS) is 12.4. The average molecular weight is 230 g/mol. The number of ketones is 1. The lowest BCUT2D eigenvalue weighted by Gasteiger charge is -2.35. The summed E-state index contributed by atoms with van der Waals surface area (Å²) in [4.78, 5) is 22.2. The molecule has 0 saturated heterocycles. The lowest BCUT2D eigenvalue weighted by atomic mass is 10.2. The van der Waals surface area contributed by atoms with E-state index in [-0.39, 0.29) is 29.6 Å². The van der Waals surface area contributed by atoms with E-state index in [1.165, 1.54) is 6.92 Å². The zero-order valence-corrected chi connectivity index (χ0v) is 11.6. The van der Waals surface area contributed by atoms with Gasteiger partial charge in [-0.25, -0.2) is 0 Å². The van der Waals surface area contributed by atoms with Gasteiger partial charge in [-0.1, -0.05) is 20.8 Å². The predicted molar refractivity (Wildman–Crippen MR) is 63.2 cm³/mol. The molecular formula is C11H22O3Si. The van der Waals surface area contributed by atoms with Crippen molar-refractivity contribution in [2.24, 2.45) is 0 Å². The van der Waals surface area contributed by atoms with Crippen LogP contribution in [0.5, 0.6) is 0 Å².